The molecule has 0 radical (unpaired) electrons. The summed E-state index contributed by atoms with van der Waals surface area (Å²) in [6, 6.07) is 23.1. The quantitative estimate of drug-likeness (QED) is 0.490. The van der Waals surface area contributed by atoms with Crippen LogP contribution in [0.1, 0.15) is 16.7 Å². The van der Waals surface area contributed by atoms with Gasteiger partial charge < -0.3 is 4.98 Å². The van der Waals surface area contributed by atoms with Gasteiger partial charge in [-0.15, -0.1) is 5.10 Å². The molecule has 140 valence electrons. The third-order valence-electron chi connectivity index (χ3n) is 5.19. The van der Waals surface area contributed by atoms with E-state index in [1.807, 2.05) is 5.01 Å². The summed E-state index contributed by atoms with van der Waals surface area (Å²) in [4.78, 5) is 3.55. The van der Waals surface area contributed by atoms with Gasteiger partial charge in [-0.3, -0.25) is 5.43 Å². The molecule has 2 N–H and O–H groups in total. The van der Waals surface area contributed by atoms with Crippen LogP contribution in [0.4, 0.5) is 0 Å². The van der Waals surface area contributed by atoms with Crippen molar-refractivity contribution < 1.29 is 0 Å². The van der Waals surface area contributed by atoms with Gasteiger partial charge in [-0.2, -0.15) is 10.1 Å². The zero-order valence-electron chi connectivity index (χ0n) is 15.7. The lowest BCUT2D eigenvalue weighted by Crippen LogP contribution is -2.16. The van der Waals surface area contributed by atoms with Crippen LogP contribution in [0.25, 0.3) is 27.9 Å². The number of H-pyrrole nitrogens is 1. The number of thioether (sulfide) groups is 1. The number of nitrogens with zero attached hydrogens (tertiary/aromatic N) is 3. The van der Waals surface area contributed by atoms with Crippen molar-refractivity contribution in [3.8, 4) is 0 Å². The molecule has 0 bridgehead atoms. The number of aryl methyl sites for hydroxylation is 1. The van der Waals surface area contributed by atoms with Crippen LogP contribution in [0, 0.1) is 6.92 Å². The van der Waals surface area contributed by atoms with E-state index in [4.69, 9.17) is 5.10 Å². The summed E-state index contributed by atoms with van der Waals surface area (Å²) in [5, 5.41) is 15.4. The predicted molar refractivity (Wildman–Crippen MR) is 121 cm³/mol. The van der Waals surface area contributed by atoms with Gasteiger partial charge in [0.2, 0.25) is 5.17 Å². The number of fused-ring (bicyclic) bond motifs is 4. The Balaban J connectivity index is 1.42. The standard InChI is InChI=1S/C23H17N5S/c1-14-6-4-8-16(12-14)22-27-28-20(25-26-23(28)29-22)13-15-7-5-10-18-17-9-2-3-11-19(17)24-21(15)18/h2-13,24-25H,1H3. The SMILES string of the molecule is Cc1cccc(C2=NN3C(=Cc4cccc5c4[nH]c4ccccc45)NN=C3S2)c1. The number of aromatic nitrogens is 1. The smallest absolute Gasteiger partial charge is 0.216 e. The van der Waals surface area contributed by atoms with E-state index in [0.29, 0.717) is 0 Å². The molecule has 3 heterocycles. The van der Waals surface area contributed by atoms with E-state index in [-0.39, 0.29) is 0 Å². The maximum Gasteiger partial charge on any atom is 0.216 e. The number of nitrogens with one attached hydrogen (secondary N) is 2. The number of hydrazone groups is 2. The molecule has 0 unspecified atom stereocenters. The van der Waals surface area contributed by atoms with Crippen molar-refractivity contribution in [1.82, 2.24) is 15.4 Å². The first-order valence-electron chi connectivity index (χ1n) is 9.45. The third-order valence-corrected chi connectivity index (χ3v) is 6.14. The zero-order valence-corrected chi connectivity index (χ0v) is 16.5. The van der Waals surface area contributed by atoms with Crippen molar-refractivity contribution in [2.45, 2.75) is 6.92 Å². The van der Waals surface area contributed by atoms with Crippen LogP contribution in [-0.4, -0.2) is 20.2 Å². The molecule has 2 aliphatic rings. The van der Waals surface area contributed by atoms with E-state index in [2.05, 4.69) is 95.2 Å². The van der Waals surface area contributed by atoms with E-state index >= 15 is 0 Å². The predicted octanol–water partition coefficient (Wildman–Crippen LogP) is 5.21. The monoisotopic (exact) mass is 395 g/mol. The maximum atomic E-state index is 4.80. The lowest BCUT2D eigenvalue weighted by molar-refractivity contribution is 0.563. The second-order valence-electron chi connectivity index (χ2n) is 7.16. The molecular weight excluding hydrogens is 378 g/mol. The van der Waals surface area contributed by atoms with Gasteiger partial charge >= 0.3 is 0 Å². The Kier molecular flexibility index (Phi) is 3.55. The first kappa shape index (κ1) is 16.4. The second-order valence-corrected chi connectivity index (χ2v) is 8.12. The summed E-state index contributed by atoms with van der Waals surface area (Å²) >= 11 is 1.58. The number of aromatic amines is 1. The summed E-state index contributed by atoms with van der Waals surface area (Å²) in [6.45, 7) is 2.09. The molecule has 0 spiro atoms. The highest BCUT2D eigenvalue weighted by atomic mass is 32.2. The molecule has 0 aliphatic carbocycles. The molecule has 0 amide bonds. The van der Waals surface area contributed by atoms with Crippen LogP contribution in [0.15, 0.2) is 82.8 Å². The normalized spacial score (nSPS) is 17.0. The number of hydrogen-bond acceptors (Lipinski definition) is 5. The van der Waals surface area contributed by atoms with Crippen molar-refractivity contribution in [2.24, 2.45) is 10.2 Å². The lowest BCUT2D eigenvalue weighted by Gasteiger charge is -2.08. The third kappa shape index (κ3) is 2.64. The highest BCUT2D eigenvalue weighted by molar-refractivity contribution is 8.27. The summed E-state index contributed by atoms with van der Waals surface area (Å²) in [5.41, 5.74) is 8.81. The van der Waals surface area contributed by atoms with Crippen molar-refractivity contribution in [2.75, 3.05) is 0 Å². The molecule has 4 aromatic rings. The lowest BCUT2D eigenvalue weighted by atomic mass is 10.1. The molecule has 0 saturated carbocycles. The van der Waals surface area contributed by atoms with Gasteiger partial charge in [0.05, 0.1) is 5.52 Å². The second kappa shape index (κ2) is 6.25. The highest BCUT2D eigenvalue weighted by Gasteiger charge is 2.31. The van der Waals surface area contributed by atoms with Crippen molar-refractivity contribution in [1.29, 1.82) is 0 Å². The zero-order chi connectivity index (χ0) is 19.4. The highest BCUT2D eigenvalue weighted by Crippen LogP contribution is 2.33. The van der Waals surface area contributed by atoms with Gasteiger partial charge in [0, 0.05) is 27.4 Å². The molecule has 5 nitrogen and oxygen atoms in total. The Hall–Kier alpha value is -3.51. The summed E-state index contributed by atoms with van der Waals surface area (Å²) in [6.07, 6.45) is 2.09. The first-order valence-corrected chi connectivity index (χ1v) is 10.3. The molecule has 0 saturated heterocycles. The van der Waals surface area contributed by atoms with Gasteiger partial charge in [0.1, 0.15) is 5.04 Å². The van der Waals surface area contributed by atoms with Crippen LogP contribution in [0.3, 0.4) is 0 Å². The van der Waals surface area contributed by atoms with Crippen molar-refractivity contribution >= 4 is 49.9 Å². The summed E-state index contributed by atoms with van der Waals surface area (Å²) in [7, 11) is 0. The van der Waals surface area contributed by atoms with E-state index in [1.165, 1.54) is 16.3 Å². The summed E-state index contributed by atoms with van der Waals surface area (Å²) in [5.74, 6) is 0.848. The Morgan fingerprint density at radius 3 is 2.76 bits per heavy atom. The number of rotatable bonds is 2. The number of para-hydroxylation sites is 2. The Morgan fingerprint density at radius 1 is 0.966 bits per heavy atom. The molecule has 6 rings (SSSR count). The van der Waals surface area contributed by atoms with E-state index in [0.717, 1.165) is 38.2 Å². The minimum Gasteiger partial charge on any atom is -0.354 e. The van der Waals surface area contributed by atoms with Gasteiger partial charge in [0.15, 0.2) is 5.82 Å². The number of benzene rings is 3. The molecule has 29 heavy (non-hydrogen) atoms. The minimum absolute atomic E-state index is 0.844. The largest absolute Gasteiger partial charge is 0.354 e. The van der Waals surface area contributed by atoms with Crippen LogP contribution >= 0.6 is 11.8 Å². The molecule has 2 aliphatic heterocycles. The van der Waals surface area contributed by atoms with Gasteiger partial charge in [-0.25, -0.2) is 0 Å². The van der Waals surface area contributed by atoms with E-state index in [1.54, 1.807) is 11.8 Å². The molecule has 3 aromatic carbocycles. The van der Waals surface area contributed by atoms with E-state index in [9.17, 15) is 0 Å². The average Bonchev–Trinajstić information content (AvgIpc) is 3.42. The van der Waals surface area contributed by atoms with E-state index < -0.39 is 0 Å². The fourth-order valence-corrected chi connectivity index (χ4v) is 4.67. The van der Waals surface area contributed by atoms with Crippen LogP contribution in [0.2, 0.25) is 0 Å². The minimum atomic E-state index is 0.844. The first-order chi connectivity index (χ1) is 14.3. The van der Waals surface area contributed by atoms with Crippen LogP contribution < -0.4 is 5.43 Å². The van der Waals surface area contributed by atoms with Crippen molar-refractivity contribution in [3.63, 3.8) is 0 Å². The molecule has 0 fully saturated rings. The fraction of sp³-hybridized carbons (Fsp3) is 0.0435. The average molecular weight is 395 g/mol. The van der Waals surface area contributed by atoms with Crippen LogP contribution in [-0.2, 0) is 0 Å². The topological polar surface area (TPSA) is 55.8 Å². The molecular formula is C23H17N5S. The Labute approximate surface area is 171 Å². The summed E-state index contributed by atoms with van der Waals surface area (Å²) < 4.78 is 0. The van der Waals surface area contributed by atoms with Crippen molar-refractivity contribution in [3.05, 3.63) is 89.2 Å². The Morgan fingerprint density at radius 2 is 1.83 bits per heavy atom. The van der Waals surface area contributed by atoms with Gasteiger partial charge in [-0.1, -0.05) is 60.2 Å². The number of hydrogen-bond donors (Lipinski definition) is 2. The van der Waals surface area contributed by atoms with Gasteiger partial charge in [-0.05, 0) is 36.9 Å². The number of amidine groups is 1. The maximum absolute atomic E-state index is 4.80. The van der Waals surface area contributed by atoms with Crippen LogP contribution in [0.5, 0.6) is 0 Å². The molecule has 0 atom stereocenters. The molecule has 1 aromatic heterocycles. The Bertz CT molecular complexity index is 1380. The molecule has 6 heteroatoms. The fourth-order valence-electron chi connectivity index (χ4n) is 3.81. The van der Waals surface area contributed by atoms with Gasteiger partial charge in [0.25, 0.3) is 0 Å².